The van der Waals surface area contributed by atoms with Gasteiger partial charge in [0, 0.05) is 41.6 Å². The van der Waals surface area contributed by atoms with E-state index in [2.05, 4.69) is 33.4 Å². The first-order valence-electron chi connectivity index (χ1n) is 12.7. The Labute approximate surface area is 235 Å². The van der Waals surface area contributed by atoms with Gasteiger partial charge >= 0.3 is 0 Å². The first-order valence-corrected chi connectivity index (χ1v) is 13.5. The highest BCUT2D eigenvalue weighted by Gasteiger charge is 2.53. The smallest absolute Gasteiger partial charge is 0.266 e. The van der Waals surface area contributed by atoms with Crippen LogP contribution in [-0.4, -0.2) is 42.2 Å². The van der Waals surface area contributed by atoms with Gasteiger partial charge in [0.25, 0.3) is 5.91 Å². The molecule has 0 bridgehead atoms. The summed E-state index contributed by atoms with van der Waals surface area (Å²) in [6.45, 7) is 4.75. The van der Waals surface area contributed by atoms with Gasteiger partial charge in [-0.15, -0.1) is 6.58 Å². The molecule has 204 valence electrons. The standard InChI is InChI=1S/C30H31BrFN3O4/c1-2-16-30(29(37)35-33-17-15-21-7-5-8-23(32)20-21)27(25-9-3-4-10-26(25)31)39-28(34-30)22-11-13-24(14-12-22)38-19-6-18-36/h2-5,7-14,20,27,33,36H,1,6,15-19H2,(H,35,37)/t27-,30-/m0/s1. The van der Waals surface area contributed by atoms with Crippen LogP contribution in [0.2, 0.25) is 0 Å². The molecule has 0 saturated heterocycles. The van der Waals surface area contributed by atoms with Crippen LogP contribution in [0.4, 0.5) is 4.39 Å². The molecule has 0 saturated carbocycles. The van der Waals surface area contributed by atoms with E-state index in [1.54, 1.807) is 24.3 Å². The number of rotatable bonds is 13. The Bertz CT molecular complexity index is 1320. The fourth-order valence-electron chi connectivity index (χ4n) is 4.35. The fourth-order valence-corrected chi connectivity index (χ4v) is 4.84. The summed E-state index contributed by atoms with van der Waals surface area (Å²) in [5.74, 6) is 0.314. The molecule has 0 spiro atoms. The van der Waals surface area contributed by atoms with Crippen LogP contribution in [0.1, 0.15) is 35.6 Å². The third kappa shape index (κ3) is 6.92. The van der Waals surface area contributed by atoms with E-state index in [-0.39, 0.29) is 24.8 Å². The van der Waals surface area contributed by atoms with Crippen molar-refractivity contribution in [1.29, 1.82) is 0 Å². The Hall–Kier alpha value is -3.53. The Kier molecular flexibility index (Phi) is 9.86. The lowest BCUT2D eigenvalue weighted by Crippen LogP contribution is -2.52. The van der Waals surface area contributed by atoms with Crippen LogP contribution in [0.25, 0.3) is 0 Å². The quantitative estimate of drug-likeness (QED) is 0.146. The summed E-state index contributed by atoms with van der Waals surface area (Å²) in [5.41, 5.74) is 6.71. The molecule has 0 aromatic heterocycles. The zero-order valence-corrected chi connectivity index (χ0v) is 23.0. The molecule has 3 aromatic carbocycles. The third-order valence-electron chi connectivity index (χ3n) is 6.30. The Morgan fingerprint density at radius 1 is 1.18 bits per heavy atom. The molecule has 4 rings (SSSR count). The van der Waals surface area contributed by atoms with Crippen LogP contribution >= 0.6 is 15.9 Å². The molecule has 7 nitrogen and oxygen atoms in total. The second-order valence-corrected chi connectivity index (χ2v) is 9.92. The summed E-state index contributed by atoms with van der Waals surface area (Å²) in [7, 11) is 0. The number of hydrazine groups is 1. The van der Waals surface area contributed by atoms with Crippen LogP contribution in [0.5, 0.6) is 5.75 Å². The Balaban J connectivity index is 1.58. The zero-order chi connectivity index (χ0) is 27.7. The van der Waals surface area contributed by atoms with Gasteiger partial charge in [-0.05, 0) is 54.4 Å². The molecule has 39 heavy (non-hydrogen) atoms. The van der Waals surface area contributed by atoms with E-state index in [9.17, 15) is 9.18 Å². The lowest BCUT2D eigenvalue weighted by molar-refractivity contribution is -0.129. The van der Waals surface area contributed by atoms with Gasteiger partial charge in [0.1, 0.15) is 11.6 Å². The number of amides is 1. The number of hydrogen-bond donors (Lipinski definition) is 3. The molecule has 1 aliphatic heterocycles. The predicted molar refractivity (Wildman–Crippen MR) is 152 cm³/mol. The summed E-state index contributed by atoms with van der Waals surface area (Å²) in [6.07, 6.45) is 2.22. The van der Waals surface area contributed by atoms with Crippen LogP contribution in [0.15, 0.2) is 94.9 Å². The van der Waals surface area contributed by atoms with Crippen LogP contribution in [0, 0.1) is 5.82 Å². The van der Waals surface area contributed by atoms with Gasteiger partial charge in [-0.1, -0.05) is 52.3 Å². The normalized spacial score (nSPS) is 18.2. The van der Waals surface area contributed by atoms with Gasteiger partial charge in [0.2, 0.25) is 5.90 Å². The largest absolute Gasteiger partial charge is 0.494 e. The lowest BCUT2D eigenvalue weighted by atomic mass is 9.84. The minimum Gasteiger partial charge on any atom is -0.494 e. The fraction of sp³-hybridized carbons (Fsp3) is 0.267. The molecule has 0 fully saturated rings. The van der Waals surface area contributed by atoms with Crippen molar-refractivity contribution in [2.75, 3.05) is 19.8 Å². The minimum absolute atomic E-state index is 0.0618. The second kappa shape index (κ2) is 13.5. The van der Waals surface area contributed by atoms with Gasteiger partial charge in [-0.2, -0.15) is 0 Å². The molecule has 3 aromatic rings. The highest BCUT2D eigenvalue weighted by molar-refractivity contribution is 9.10. The van der Waals surface area contributed by atoms with E-state index in [1.807, 2.05) is 42.5 Å². The van der Waals surface area contributed by atoms with E-state index in [1.165, 1.54) is 12.1 Å². The molecule has 1 aliphatic rings. The number of carbonyl (C=O) groups is 1. The molecule has 1 heterocycles. The number of ether oxygens (including phenoxy) is 2. The van der Waals surface area contributed by atoms with Crippen LogP contribution in [-0.2, 0) is 16.0 Å². The van der Waals surface area contributed by atoms with Gasteiger partial charge < -0.3 is 14.6 Å². The Morgan fingerprint density at radius 2 is 1.97 bits per heavy atom. The molecule has 0 radical (unpaired) electrons. The minimum atomic E-state index is -1.33. The van der Waals surface area contributed by atoms with Crippen molar-refractivity contribution in [3.05, 3.63) is 112 Å². The lowest BCUT2D eigenvalue weighted by Gasteiger charge is -2.30. The number of carbonyl (C=O) groups excluding carboxylic acids is 1. The SMILES string of the molecule is C=CC[C@]1(C(=O)NNCCc2cccc(F)c2)N=C(c2ccc(OCCCO)cc2)O[C@H]1c1ccccc1Br. The van der Waals surface area contributed by atoms with Crippen molar-refractivity contribution in [3.63, 3.8) is 0 Å². The van der Waals surface area contributed by atoms with Crippen molar-refractivity contribution >= 4 is 27.7 Å². The molecule has 2 atom stereocenters. The van der Waals surface area contributed by atoms with Crippen molar-refractivity contribution in [1.82, 2.24) is 10.9 Å². The van der Waals surface area contributed by atoms with Crippen LogP contribution < -0.4 is 15.6 Å². The average molecular weight is 596 g/mol. The summed E-state index contributed by atoms with van der Waals surface area (Å²) >= 11 is 3.60. The monoisotopic (exact) mass is 595 g/mol. The third-order valence-corrected chi connectivity index (χ3v) is 7.02. The summed E-state index contributed by atoms with van der Waals surface area (Å²) in [5, 5.41) is 8.96. The number of aliphatic hydroxyl groups excluding tert-OH is 1. The van der Waals surface area contributed by atoms with E-state index >= 15 is 0 Å². The Morgan fingerprint density at radius 3 is 2.69 bits per heavy atom. The molecule has 0 aliphatic carbocycles. The highest BCUT2D eigenvalue weighted by Crippen LogP contribution is 2.44. The predicted octanol–water partition coefficient (Wildman–Crippen LogP) is 5.05. The van der Waals surface area contributed by atoms with E-state index < -0.39 is 11.6 Å². The van der Waals surface area contributed by atoms with Crippen molar-refractivity contribution in [3.8, 4) is 5.75 Å². The molecular weight excluding hydrogens is 565 g/mol. The molecule has 0 unspecified atom stereocenters. The van der Waals surface area contributed by atoms with Gasteiger partial charge in [0.15, 0.2) is 11.6 Å². The van der Waals surface area contributed by atoms with Gasteiger partial charge in [-0.3, -0.25) is 10.2 Å². The van der Waals surface area contributed by atoms with Crippen molar-refractivity contribution in [2.45, 2.75) is 30.9 Å². The number of aliphatic imine (C=N–C) groups is 1. The maximum atomic E-state index is 13.8. The maximum Gasteiger partial charge on any atom is 0.266 e. The maximum absolute atomic E-state index is 13.8. The molecular formula is C30H31BrFN3O4. The van der Waals surface area contributed by atoms with Gasteiger partial charge in [-0.25, -0.2) is 14.8 Å². The number of aliphatic hydroxyl groups is 1. The number of nitrogens with one attached hydrogen (secondary N) is 2. The second-order valence-electron chi connectivity index (χ2n) is 9.06. The summed E-state index contributed by atoms with van der Waals surface area (Å²) < 4.78 is 26.3. The molecule has 9 heteroatoms. The van der Waals surface area contributed by atoms with E-state index in [4.69, 9.17) is 19.6 Å². The van der Waals surface area contributed by atoms with E-state index in [0.29, 0.717) is 43.2 Å². The first-order chi connectivity index (χ1) is 19.0. The number of halogens is 2. The average Bonchev–Trinajstić information content (AvgIpc) is 3.32. The summed E-state index contributed by atoms with van der Waals surface area (Å²) in [6, 6.07) is 21.2. The van der Waals surface area contributed by atoms with E-state index in [0.717, 1.165) is 15.6 Å². The van der Waals surface area contributed by atoms with Crippen LogP contribution in [0.3, 0.4) is 0 Å². The van der Waals surface area contributed by atoms with Crippen molar-refractivity contribution < 1.29 is 23.8 Å². The number of hydrogen-bond acceptors (Lipinski definition) is 6. The topological polar surface area (TPSA) is 92.2 Å². The molecule has 1 amide bonds. The highest BCUT2D eigenvalue weighted by atomic mass is 79.9. The summed E-state index contributed by atoms with van der Waals surface area (Å²) in [4.78, 5) is 18.6. The van der Waals surface area contributed by atoms with Gasteiger partial charge in [0.05, 0.1) is 6.61 Å². The number of benzene rings is 3. The zero-order valence-electron chi connectivity index (χ0n) is 21.4. The van der Waals surface area contributed by atoms with Crippen molar-refractivity contribution in [2.24, 2.45) is 4.99 Å². The number of nitrogens with zero attached hydrogens (tertiary/aromatic N) is 1. The first kappa shape index (κ1) is 28.5. The molecule has 3 N–H and O–H groups in total.